The molecule has 20 heavy (non-hydrogen) atoms. The molecule has 0 bridgehead atoms. The molecule has 0 aliphatic rings. The molecule has 0 aliphatic heterocycles. The smallest absolute Gasteiger partial charge is 0.124 e. The predicted octanol–water partition coefficient (Wildman–Crippen LogP) is 4.79. The number of thioether (sulfide) groups is 1. The van der Waals surface area contributed by atoms with E-state index in [4.69, 9.17) is 28.9 Å². The van der Waals surface area contributed by atoms with E-state index in [1.165, 1.54) is 12.1 Å². The highest BCUT2D eigenvalue weighted by Gasteiger charge is 2.09. The molecule has 0 saturated heterocycles. The Bertz CT molecular complexity index is 592. The molecular weight excluding hydrogens is 316 g/mol. The quantitative estimate of drug-likeness (QED) is 0.798. The van der Waals surface area contributed by atoms with Gasteiger partial charge >= 0.3 is 0 Å². The molecule has 2 rings (SSSR count). The Kier molecular flexibility index (Phi) is 5.73. The maximum Gasteiger partial charge on any atom is 0.124 e. The standard InChI is InChI=1S/C15H14Cl2FNS/c16-11-2-1-3-14(7-11)20-9-13(19)6-10-4-5-12(18)8-15(10)17/h1-5,7-8,13H,6,9,19H2. The number of halogens is 3. The monoisotopic (exact) mass is 329 g/mol. The molecule has 106 valence electrons. The summed E-state index contributed by atoms with van der Waals surface area (Å²) in [5.74, 6) is 0.411. The molecule has 0 amide bonds. The van der Waals surface area contributed by atoms with E-state index in [1.54, 1.807) is 17.8 Å². The lowest BCUT2D eigenvalue weighted by Crippen LogP contribution is -2.25. The van der Waals surface area contributed by atoms with Crippen LogP contribution in [0.4, 0.5) is 4.39 Å². The minimum absolute atomic E-state index is 0.0538. The van der Waals surface area contributed by atoms with Crippen molar-refractivity contribution in [2.24, 2.45) is 5.73 Å². The third-order valence-electron chi connectivity index (χ3n) is 2.76. The van der Waals surface area contributed by atoms with Gasteiger partial charge in [0.15, 0.2) is 0 Å². The maximum atomic E-state index is 13.0. The van der Waals surface area contributed by atoms with E-state index >= 15 is 0 Å². The van der Waals surface area contributed by atoms with E-state index in [0.29, 0.717) is 16.5 Å². The zero-order chi connectivity index (χ0) is 14.5. The van der Waals surface area contributed by atoms with Crippen LogP contribution < -0.4 is 5.73 Å². The first-order valence-corrected chi connectivity index (χ1v) is 7.86. The van der Waals surface area contributed by atoms with Gasteiger partial charge in [-0.2, -0.15) is 0 Å². The Morgan fingerprint density at radius 3 is 2.65 bits per heavy atom. The summed E-state index contributed by atoms with van der Waals surface area (Å²) in [6, 6.07) is 12.0. The van der Waals surface area contributed by atoms with Crippen molar-refractivity contribution in [1.29, 1.82) is 0 Å². The molecule has 2 aromatic carbocycles. The predicted molar refractivity (Wildman–Crippen MR) is 85.3 cm³/mol. The van der Waals surface area contributed by atoms with Gasteiger partial charge in [-0.3, -0.25) is 0 Å². The van der Waals surface area contributed by atoms with Gasteiger partial charge in [0, 0.05) is 26.7 Å². The third kappa shape index (κ3) is 4.67. The maximum absolute atomic E-state index is 13.0. The van der Waals surface area contributed by atoms with Gasteiger partial charge in [0.25, 0.3) is 0 Å². The third-order valence-corrected chi connectivity index (χ3v) is 4.53. The van der Waals surface area contributed by atoms with Crippen LogP contribution in [0.5, 0.6) is 0 Å². The average molecular weight is 330 g/mol. The molecule has 5 heteroatoms. The van der Waals surface area contributed by atoms with Gasteiger partial charge in [0.1, 0.15) is 5.82 Å². The second kappa shape index (κ2) is 7.32. The Labute approximate surface area is 132 Å². The molecule has 0 fully saturated rings. The first kappa shape index (κ1) is 15.6. The van der Waals surface area contributed by atoms with Crippen molar-refractivity contribution in [3.8, 4) is 0 Å². The highest BCUT2D eigenvalue weighted by atomic mass is 35.5. The Morgan fingerprint density at radius 2 is 1.95 bits per heavy atom. The molecule has 1 unspecified atom stereocenters. The van der Waals surface area contributed by atoms with Gasteiger partial charge in [-0.25, -0.2) is 4.39 Å². The summed E-state index contributed by atoms with van der Waals surface area (Å²) in [7, 11) is 0. The average Bonchev–Trinajstić information content (AvgIpc) is 2.40. The van der Waals surface area contributed by atoms with Crippen molar-refractivity contribution >= 4 is 35.0 Å². The van der Waals surface area contributed by atoms with Crippen LogP contribution in [0.15, 0.2) is 47.4 Å². The zero-order valence-corrected chi connectivity index (χ0v) is 13.0. The molecular formula is C15H14Cl2FNS. The summed E-state index contributed by atoms with van der Waals surface area (Å²) in [5.41, 5.74) is 6.96. The van der Waals surface area contributed by atoms with Gasteiger partial charge in [-0.05, 0) is 42.3 Å². The molecule has 0 heterocycles. The summed E-state index contributed by atoms with van der Waals surface area (Å²) in [6.07, 6.45) is 0.618. The first-order valence-electron chi connectivity index (χ1n) is 6.12. The van der Waals surface area contributed by atoms with Crippen molar-refractivity contribution in [1.82, 2.24) is 0 Å². The van der Waals surface area contributed by atoms with Crippen LogP contribution in [-0.2, 0) is 6.42 Å². The first-order chi connectivity index (χ1) is 9.54. The fourth-order valence-electron chi connectivity index (χ4n) is 1.79. The van der Waals surface area contributed by atoms with Gasteiger partial charge in [-0.1, -0.05) is 35.3 Å². The molecule has 1 nitrogen and oxygen atoms in total. The van der Waals surface area contributed by atoms with Crippen molar-refractivity contribution < 1.29 is 4.39 Å². The van der Waals surface area contributed by atoms with E-state index in [2.05, 4.69) is 0 Å². The van der Waals surface area contributed by atoms with Crippen LogP contribution in [0.25, 0.3) is 0 Å². The van der Waals surface area contributed by atoms with Crippen molar-refractivity contribution in [2.75, 3.05) is 5.75 Å². The second-order valence-corrected chi connectivity index (χ2v) is 6.41. The minimum Gasteiger partial charge on any atom is -0.327 e. The Morgan fingerprint density at radius 1 is 1.15 bits per heavy atom. The molecule has 2 N–H and O–H groups in total. The lowest BCUT2D eigenvalue weighted by atomic mass is 10.1. The number of hydrogen-bond donors (Lipinski definition) is 1. The van der Waals surface area contributed by atoms with E-state index in [1.807, 2.05) is 24.3 Å². The number of nitrogens with two attached hydrogens (primary N) is 1. The molecule has 0 radical (unpaired) electrons. The highest BCUT2D eigenvalue weighted by Crippen LogP contribution is 2.24. The summed E-state index contributed by atoms with van der Waals surface area (Å²) < 4.78 is 13.0. The summed E-state index contributed by atoms with van der Waals surface area (Å²) in [6.45, 7) is 0. The van der Waals surface area contributed by atoms with E-state index < -0.39 is 0 Å². The summed E-state index contributed by atoms with van der Waals surface area (Å²) in [5, 5.41) is 1.14. The van der Waals surface area contributed by atoms with Gasteiger partial charge in [0.05, 0.1) is 0 Å². The van der Waals surface area contributed by atoms with Gasteiger partial charge in [0.2, 0.25) is 0 Å². The zero-order valence-electron chi connectivity index (χ0n) is 10.7. The normalized spacial score (nSPS) is 12.4. The van der Waals surface area contributed by atoms with E-state index in [0.717, 1.165) is 16.2 Å². The SMILES string of the molecule is NC(CSc1cccc(Cl)c1)Cc1ccc(F)cc1Cl. The van der Waals surface area contributed by atoms with Crippen LogP contribution in [0, 0.1) is 5.82 Å². The lowest BCUT2D eigenvalue weighted by Gasteiger charge is -2.12. The highest BCUT2D eigenvalue weighted by molar-refractivity contribution is 7.99. The van der Waals surface area contributed by atoms with Crippen molar-refractivity contribution in [3.63, 3.8) is 0 Å². The fourth-order valence-corrected chi connectivity index (χ4v) is 3.20. The topological polar surface area (TPSA) is 26.0 Å². The molecule has 0 aromatic heterocycles. The van der Waals surface area contributed by atoms with E-state index in [9.17, 15) is 4.39 Å². The molecule has 0 spiro atoms. The number of rotatable bonds is 5. The molecule has 1 atom stereocenters. The molecule has 0 aliphatic carbocycles. The van der Waals surface area contributed by atoms with Crippen LogP contribution in [0.3, 0.4) is 0 Å². The lowest BCUT2D eigenvalue weighted by molar-refractivity contribution is 0.626. The van der Waals surface area contributed by atoms with Crippen molar-refractivity contribution in [2.45, 2.75) is 17.4 Å². The Balaban J connectivity index is 1.90. The number of benzene rings is 2. The van der Waals surface area contributed by atoms with Crippen LogP contribution >= 0.6 is 35.0 Å². The van der Waals surface area contributed by atoms with Crippen LogP contribution in [0.1, 0.15) is 5.56 Å². The Hall–Kier alpha value is -0.740. The summed E-state index contributed by atoms with van der Waals surface area (Å²) >= 11 is 13.6. The van der Waals surface area contributed by atoms with Crippen LogP contribution in [-0.4, -0.2) is 11.8 Å². The fraction of sp³-hybridized carbons (Fsp3) is 0.200. The van der Waals surface area contributed by atoms with Crippen molar-refractivity contribution in [3.05, 3.63) is 63.9 Å². The van der Waals surface area contributed by atoms with E-state index in [-0.39, 0.29) is 11.9 Å². The van der Waals surface area contributed by atoms with Gasteiger partial charge < -0.3 is 5.73 Å². The van der Waals surface area contributed by atoms with Gasteiger partial charge in [-0.15, -0.1) is 11.8 Å². The molecule has 2 aromatic rings. The largest absolute Gasteiger partial charge is 0.327 e. The summed E-state index contributed by atoms with van der Waals surface area (Å²) in [4.78, 5) is 1.08. The molecule has 0 saturated carbocycles. The van der Waals surface area contributed by atoms with Crippen LogP contribution in [0.2, 0.25) is 10.0 Å². The minimum atomic E-state index is -0.333. The number of hydrogen-bond acceptors (Lipinski definition) is 2. The second-order valence-electron chi connectivity index (χ2n) is 4.47.